The first-order chi connectivity index (χ1) is 6.85. The number of nitrogens with zero attached hydrogens (tertiary/aromatic N) is 2. The lowest BCUT2D eigenvalue weighted by atomic mass is 10.0. The van der Waals surface area contributed by atoms with Crippen LogP contribution >= 0.6 is 0 Å². The van der Waals surface area contributed by atoms with Crippen LogP contribution in [0.25, 0.3) is 0 Å². The average molecular weight is 210 g/mol. The van der Waals surface area contributed by atoms with Crippen LogP contribution in [-0.4, -0.2) is 29.2 Å². The molecular formula is C11H18N2O2. The third-order valence-electron chi connectivity index (χ3n) is 2.55. The number of likely N-dealkylation sites (tertiary alicyclic amines) is 1. The lowest BCUT2D eigenvalue weighted by Crippen LogP contribution is -2.39. The van der Waals surface area contributed by atoms with Gasteiger partial charge in [0.2, 0.25) is 0 Å². The Bertz CT molecular complexity index is 288. The first-order valence-corrected chi connectivity index (χ1v) is 5.24. The van der Waals surface area contributed by atoms with E-state index in [0.29, 0.717) is 6.54 Å². The third kappa shape index (κ3) is 2.85. The summed E-state index contributed by atoms with van der Waals surface area (Å²) in [5.74, 6) is -0.0579. The minimum Gasteiger partial charge on any atom is -0.444 e. The molecule has 0 bridgehead atoms. The summed E-state index contributed by atoms with van der Waals surface area (Å²) in [6.45, 7) is 8.04. The van der Waals surface area contributed by atoms with Crippen molar-refractivity contribution in [2.45, 2.75) is 45.8 Å². The molecule has 0 radical (unpaired) electrons. The first kappa shape index (κ1) is 11.8. The molecule has 1 fully saturated rings. The molecule has 1 unspecified atom stereocenters. The van der Waals surface area contributed by atoms with E-state index in [2.05, 4.69) is 6.07 Å². The van der Waals surface area contributed by atoms with E-state index in [1.807, 2.05) is 27.7 Å². The standard InChI is InChI=1S/C11H18N2O2/c1-8-9(7-12)5-6-13(8)10(14)15-11(2,3)4/h8-9H,5-6H2,1-4H3/t8-,9?/m1/s1. The molecule has 0 aliphatic carbocycles. The van der Waals surface area contributed by atoms with E-state index in [9.17, 15) is 4.79 Å². The van der Waals surface area contributed by atoms with Gasteiger partial charge in [-0.2, -0.15) is 5.26 Å². The van der Waals surface area contributed by atoms with Crippen molar-refractivity contribution >= 4 is 6.09 Å². The van der Waals surface area contributed by atoms with Gasteiger partial charge in [0.25, 0.3) is 0 Å². The van der Waals surface area contributed by atoms with Crippen LogP contribution < -0.4 is 0 Å². The fraction of sp³-hybridized carbons (Fsp3) is 0.818. The minimum absolute atomic E-state index is 0.0372. The summed E-state index contributed by atoms with van der Waals surface area (Å²) in [6.07, 6.45) is 0.435. The fourth-order valence-corrected chi connectivity index (χ4v) is 1.69. The molecule has 15 heavy (non-hydrogen) atoms. The van der Waals surface area contributed by atoms with Crippen molar-refractivity contribution in [2.24, 2.45) is 5.92 Å². The first-order valence-electron chi connectivity index (χ1n) is 5.24. The summed E-state index contributed by atoms with van der Waals surface area (Å²) >= 11 is 0. The van der Waals surface area contributed by atoms with Crippen LogP contribution in [0.2, 0.25) is 0 Å². The van der Waals surface area contributed by atoms with Crippen molar-refractivity contribution in [3.8, 4) is 6.07 Å². The summed E-state index contributed by atoms with van der Waals surface area (Å²) in [4.78, 5) is 13.4. The number of hydrogen-bond acceptors (Lipinski definition) is 3. The van der Waals surface area contributed by atoms with E-state index in [0.717, 1.165) is 6.42 Å². The van der Waals surface area contributed by atoms with Crippen LogP contribution in [0.5, 0.6) is 0 Å². The van der Waals surface area contributed by atoms with E-state index >= 15 is 0 Å². The highest BCUT2D eigenvalue weighted by molar-refractivity contribution is 5.69. The maximum atomic E-state index is 11.7. The molecule has 1 aliphatic rings. The molecule has 0 aromatic carbocycles. The molecule has 1 aliphatic heterocycles. The van der Waals surface area contributed by atoms with E-state index < -0.39 is 5.60 Å². The smallest absolute Gasteiger partial charge is 0.410 e. The third-order valence-corrected chi connectivity index (χ3v) is 2.55. The summed E-state index contributed by atoms with van der Waals surface area (Å²) < 4.78 is 5.26. The number of nitriles is 1. The van der Waals surface area contributed by atoms with Crippen molar-refractivity contribution in [1.82, 2.24) is 4.90 Å². The molecule has 0 N–H and O–H groups in total. The predicted octanol–water partition coefficient (Wildman–Crippen LogP) is 2.16. The van der Waals surface area contributed by atoms with Crippen molar-refractivity contribution < 1.29 is 9.53 Å². The van der Waals surface area contributed by atoms with Crippen molar-refractivity contribution in [3.05, 3.63) is 0 Å². The van der Waals surface area contributed by atoms with Gasteiger partial charge in [0.05, 0.1) is 12.0 Å². The average Bonchev–Trinajstić information content (AvgIpc) is 2.43. The van der Waals surface area contributed by atoms with Crippen LogP contribution in [0.3, 0.4) is 0 Å². The van der Waals surface area contributed by atoms with Crippen molar-refractivity contribution in [2.75, 3.05) is 6.54 Å². The molecule has 84 valence electrons. The number of carbonyl (C=O) groups is 1. The molecule has 1 rings (SSSR count). The molecule has 0 aromatic rings. The Morgan fingerprint density at radius 1 is 1.53 bits per heavy atom. The van der Waals surface area contributed by atoms with Crippen LogP contribution in [-0.2, 0) is 4.74 Å². The van der Waals surface area contributed by atoms with E-state index in [1.165, 1.54) is 0 Å². The maximum Gasteiger partial charge on any atom is 0.410 e. The van der Waals surface area contributed by atoms with Gasteiger partial charge >= 0.3 is 6.09 Å². The highest BCUT2D eigenvalue weighted by Crippen LogP contribution is 2.25. The zero-order valence-corrected chi connectivity index (χ0v) is 9.78. The maximum absolute atomic E-state index is 11.7. The Hall–Kier alpha value is -1.24. The minimum atomic E-state index is -0.471. The van der Waals surface area contributed by atoms with Gasteiger partial charge in [-0.3, -0.25) is 0 Å². The Labute approximate surface area is 90.8 Å². The molecule has 1 amide bonds. The second-order valence-corrected chi connectivity index (χ2v) is 4.94. The van der Waals surface area contributed by atoms with Crippen LogP contribution in [0.15, 0.2) is 0 Å². The molecule has 1 saturated heterocycles. The van der Waals surface area contributed by atoms with Gasteiger partial charge in [0.1, 0.15) is 5.60 Å². The lowest BCUT2D eigenvalue weighted by Gasteiger charge is -2.27. The van der Waals surface area contributed by atoms with Crippen LogP contribution in [0.1, 0.15) is 34.1 Å². The summed E-state index contributed by atoms with van der Waals surface area (Å²) in [6, 6.07) is 2.17. The number of hydrogen-bond donors (Lipinski definition) is 0. The lowest BCUT2D eigenvalue weighted by molar-refractivity contribution is 0.0230. The van der Waals surface area contributed by atoms with Gasteiger partial charge < -0.3 is 9.64 Å². The molecule has 1 heterocycles. The predicted molar refractivity (Wildman–Crippen MR) is 56.1 cm³/mol. The number of carbonyl (C=O) groups excluding carboxylic acids is 1. The zero-order valence-electron chi connectivity index (χ0n) is 9.78. The number of amides is 1. The fourth-order valence-electron chi connectivity index (χ4n) is 1.69. The summed E-state index contributed by atoms with van der Waals surface area (Å²) in [5.41, 5.74) is -0.471. The second-order valence-electron chi connectivity index (χ2n) is 4.94. The molecular weight excluding hydrogens is 192 g/mol. The van der Waals surface area contributed by atoms with E-state index in [4.69, 9.17) is 10.00 Å². The Morgan fingerprint density at radius 2 is 2.13 bits per heavy atom. The molecule has 2 atom stereocenters. The Balaban J connectivity index is 2.60. The number of rotatable bonds is 0. The van der Waals surface area contributed by atoms with Gasteiger partial charge in [0, 0.05) is 12.6 Å². The van der Waals surface area contributed by atoms with Gasteiger partial charge in [-0.1, -0.05) is 0 Å². The van der Waals surface area contributed by atoms with Crippen molar-refractivity contribution in [3.63, 3.8) is 0 Å². The van der Waals surface area contributed by atoms with Gasteiger partial charge in [-0.25, -0.2) is 4.79 Å². The van der Waals surface area contributed by atoms with E-state index in [-0.39, 0.29) is 18.1 Å². The molecule has 4 nitrogen and oxygen atoms in total. The molecule has 0 aromatic heterocycles. The largest absolute Gasteiger partial charge is 0.444 e. The topological polar surface area (TPSA) is 53.3 Å². The SMILES string of the molecule is C[C@@H]1C(C#N)CCN1C(=O)OC(C)(C)C. The van der Waals surface area contributed by atoms with Crippen LogP contribution in [0, 0.1) is 17.2 Å². The monoisotopic (exact) mass is 210 g/mol. The Kier molecular flexibility index (Phi) is 3.23. The van der Waals surface area contributed by atoms with Crippen LogP contribution in [0.4, 0.5) is 4.79 Å². The van der Waals surface area contributed by atoms with Gasteiger partial charge in [-0.15, -0.1) is 0 Å². The van der Waals surface area contributed by atoms with E-state index in [1.54, 1.807) is 4.90 Å². The summed E-state index contributed by atoms with van der Waals surface area (Å²) in [5, 5.41) is 8.84. The highest BCUT2D eigenvalue weighted by atomic mass is 16.6. The normalized spacial score (nSPS) is 26.2. The summed E-state index contributed by atoms with van der Waals surface area (Å²) in [7, 11) is 0. The molecule has 4 heteroatoms. The van der Waals surface area contributed by atoms with Gasteiger partial charge in [-0.05, 0) is 34.1 Å². The highest BCUT2D eigenvalue weighted by Gasteiger charge is 2.36. The molecule has 0 saturated carbocycles. The quantitative estimate of drug-likeness (QED) is 0.615. The number of ether oxygens (including phenoxy) is 1. The van der Waals surface area contributed by atoms with Gasteiger partial charge in [0.15, 0.2) is 0 Å². The second kappa shape index (κ2) is 4.09. The van der Waals surface area contributed by atoms with Crippen molar-refractivity contribution in [1.29, 1.82) is 5.26 Å². The zero-order chi connectivity index (χ0) is 11.6. The molecule has 0 spiro atoms. The Morgan fingerprint density at radius 3 is 2.53 bits per heavy atom.